The van der Waals surface area contributed by atoms with E-state index in [0.29, 0.717) is 13.0 Å². The van der Waals surface area contributed by atoms with Crippen LogP contribution in [0.25, 0.3) is 0 Å². The smallest absolute Gasteiger partial charge is 0.244 e. The summed E-state index contributed by atoms with van der Waals surface area (Å²) in [6.45, 7) is 0.583. The molecule has 2 unspecified atom stereocenters. The molecule has 1 aromatic carbocycles. The number of aliphatic hydroxyl groups is 1. The van der Waals surface area contributed by atoms with Gasteiger partial charge in [0.2, 0.25) is 10.0 Å². The lowest BCUT2D eigenvalue weighted by atomic mass is 10.2. The van der Waals surface area contributed by atoms with Crippen LogP contribution in [0.3, 0.4) is 0 Å². The van der Waals surface area contributed by atoms with Crippen LogP contribution in [0, 0.1) is 5.82 Å². The van der Waals surface area contributed by atoms with Crippen molar-refractivity contribution in [1.82, 2.24) is 9.21 Å². The molecule has 0 aliphatic carbocycles. The molecule has 0 saturated carbocycles. The number of benzene rings is 1. The lowest BCUT2D eigenvalue weighted by molar-refractivity contribution is 0.188. The maximum atomic E-state index is 13.1. The van der Waals surface area contributed by atoms with Crippen LogP contribution in [0.15, 0.2) is 27.6 Å². The summed E-state index contributed by atoms with van der Waals surface area (Å²) in [4.78, 5) is 1.90. The van der Waals surface area contributed by atoms with Crippen LogP contribution in [0.4, 0.5) is 4.39 Å². The van der Waals surface area contributed by atoms with Crippen LogP contribution in [-0.4, -0.2) is 62.1 Å². The fraction of sp³-hybridized carbons (Fsp3) is 0.538. The third-order valence-electron chi connectivity index (χ3n) is 3.40. The van der Waals surface area contributed by atoms with Crippen LogP contribution in [0.1, 0.15) is 6.42 Å². The summed E-state index contributed by atoms with van der Waals surface area (Å²) in [7, 11) is -0.0797. The van der Waals surface area contributed by atoms with Crippen molar-refractivity contribution in [2.75, 3.05) is 27.2 Å². The molecule has 2 atom stereocenters. The summed E-state index contributed by atoms with van der Waals surface area (Å²) < 4.78 is 40.1. The number of rotatable bonds is 4. The van der Waals surface area contributed by atoms with Crippen LogP contribution in [0.2, 0.25) is 0 Å². The number of halogens is 2. The number of nitrogens with zero attached hydrogens (tertiary/aromatic N) is 2. The number of hydrogen-bond acceptors (Lipinski definition) is 4. The fourth-order valence-electron chi connectivity index (χ4n) is 2.56. The van der Waals surface area contributed by atoms with E-state index in [1.165, 1.54) is 10.4 Å². The third kappa shape index (κ3) is 3.62. The largest absolute Gasteiger partial charge is 0.392 e. The van der Waals surface area contributed by atoms with Gasteiger partial charge in [0.05, 0.1) is 11.0 Å². The third-order valence-corrected chi connectivity index (χ3v) is 6.29. The molecule has 2 rings (SSSR count). The van der Waals surface area contributed by atoms with Gasteiger partial charge in [-0.05, 0) is 54.6 Å². The van der Waals surface area contributed by atoms with Crippen molar-refractivity contribution in [1.29, 1.82) is 0 Å². The summed E-state index contributed by atoms with van der Waals surface area (Å²) in [5, 5.41) is 9.81. The number of sulfonamides is 1. The van der Waals surface area contributed by atoms with Crippen molar-refractivity contribution < 1.29 is 17.9 Å². The molecule has 1 fully saturated rings. The van der Waals surface area contributed by atoms with Gasteiger partial charge in [0, 0.05) is 23.6 Å². The molecule has 21 heavy (non-hydrogen) atoms. The second-order valence-corrected chi connectivity index (χ2v) is 8.17. The number of aliphatic hydroxyl groups excluding tert-OH is 1. The fourth-order valence-corrected chi connectivity index (χ4v) is 5.23. The minimum absolute atomic E-state index is 0.0155. The Labute approximate surface area is 132 Å². The molecule has 8 heteroatoms. The zero-order valence-electron chi connectivity index (χ0n) is 11.8. The first-order valence-electron chi connectivity index (χ1n) is 6.51. The monoisotopic (exact) mass is 380 g/mol. The Morgan fingerprint density at radius 2 is 2.14 bits per heavy atom. The number of likely N-dealkylation sites (N-methyl/N-ethyl adjacent to an activating group) is 1. The first-order chi connectivity index (χ1) is 9.71. The van der Waals surface area contributed by atoms with E-state index in [4.69, 9.17) is 0 Å². The highest BCUT2D eigenvalue weighted by Gasteiger charge is 2.40. The molecule has 118 valence electrons. The Hall–Kier alpha value is -0.540. The Kier molecular flexibility index (Phi) is 5.04. The first-order valence-corrected chi connectivity index (χ1v) is 8.75. The molecular formula is C13H18BrFN2O3S. The lowest BCUT2D eigenvalue weighted by Gasteiger charge is -2.26. The minimum Gasteiger partial charge on any atom is -0.392 e. The topological polar surface area (TPSA) is 60.9 Å². The molecule has 1 aliphatic heterocycles. The second kappa shape index (κ2) is 6.29. The minimum atomic E-state index is -3.78. The first kappa shape index (κ1) is 16.8. The normalized spacial score (nSPS) is 23.9. The van der Waals surface area contributed by atoms with E-state index < -0.39 is 21.9 Å². The van der Waals surface area contributed by atoms with E-state index in [1.54, 1.807) is 0 Å². The zero-order chi connectivity index (χ0) is 15.8. The van der Waals surface area contributed by atoms with E-state index in [-0.39, 0.29) is 22.0 Å². The van der Waals surface area contributed by atoms with Gasteiger partial charge in [-0.2, -0.15) is 4.31 Å². The van der Waals surface area contributed by atoms with Gasteiger partial charge in [0.25, 0.3) is 0 Å². The molecule has 5 nitrogen and oxygen atoms in total. The number of β-amino-alcohol motifs (C(OH)–C–C–N with tert-alkyl or cyclic N) is 1. The van der Waals surface area contributed by atoms with Crippen molar-refractivity contribution in [2.24, 2.45) is 0 Å². The summed E-state index contributed by atoms with van der Waals surface area (Å²) >= 11 is 3.10. The van der Waals surface area contributed by atoms with E-state index in [9.17, 15) is 17.9 Å². The van der Waals surface area contributed by atoms with Gasteiger partial charge in [0.15, 0.2) is 0 Å². The summed E-state index contributed by atoms with van der Waals surface area (Å²) in [5.41, 5.74) is 0. The van der Waals surface area contributed by atoms with Crippen molar-refractivity contribution in [3.63, 3.8) is 0 Å². The van der Waals surface area contributed by atoms with Crippen molar-refractivity contribution in [3.8, 4) is 0 Å². The SMILES string of the molecule is CN(C)CC1CC(O)CN1S(=O)(=O)c1ccc(F)cc1Br. The Bertz CT molecular complexity index is 624. The molecule has 1 heterocycles. The van der Waals surface area contributed by atoms with Gasteiger partial charge in [-0.3, -0.25) is 0 Å². The molecular weight excluding hydrogens is 363 g/mol. The lowest BCUT2D eigenvalue weighted by Crippen LogP contribution is -2.41. The van der Waals surface area contributed by atoms with E-state index in [1.807, 2.05) is 19.0 Å². The average molecular weight is 381 g/mol. The van der Waals surface area contributed by atoms with Crippen LogP contribution < -0.4 is 0 Å². The summed E-state index contributed by atoms with van der Waals surface area (Å²) in [6, 6.07) is 3.19. The quantitative estimate of drug-likeness (QED) is 0.854. The van der Waals surface area contributed by atoms with Crippen LogP contribution in [-0.2, 0) is 10.0 Å². The molecule has 1 N–H and O–H groups in total. The molecule has 0 bridgehead atoms. The maximum Gasteiger partial charge on any atom is 0.244 e. The maximum absolute atomic E-state index is 13.1. The molecule has 0 radical (unpaired) electrons. The summed E-state index contributed by atoms with van der Waals surface area (Å²) in [5.74, 6) is -0.507. The van der Waals surface area contributed by atoms with Gasteiger partial charge in [-0.15, -0.1) is 0 Å². The van der Waals surface area contributed by atoms with Gasteiger partial charge in [-0.1, -0.05) is 0 Å². The van der Waals surface area contributed by atoms with Crippen molar-refractivity contribution in [2.45, 2.75) is 23.5 Å². The van der Waals surface area contributed by atoms with E-state index >= 15 is 0 Å². The number of hydrogen-bond donors (Lipinski definition) is 1. The highest BCUT2D eigenvalue weighted by Crippen LogP contribution is 2.31. The zero-order valence-corrected chi connectivity index (χ0v) is 14.2. The molecule has 1 aromatic rings. The molecule has 0 amide bonds. The highest BCUT2D eigenvalue weighted by atomic mass is 79.9. The standard InChI is InChI=1S/C13H18BrFN2O3S/c1-16(2)7-10-6-11(18)8-17(10)21(19,20)13-4-3-9(15)5-12(13)14/h3-5,10-11,18H,6-8H2,1-2H3. The highest BCUT2D eigenvalue weighted by molar-refractivity contribution is 9.10. The predicted molar refractivity (Wildman–Crippen MR) is 81.0 cm³/mol. The van der Waals surface area contributed by atoms with Gasteiger partial charge >= 0.3 is 0 Å². The van der Waals surface area contributed by atoms with Crippen molar-refractivity contribution in [3.05, 3.63) is 28.5 Å². The second-order valence-electron chi connectivity index (χ2n) is 5.46. The Morgan fingerprint density at radius 3 is 2.71 bits per heavy atom. The molecule has 1 aliphatic rings. The van der Waals surface area contributed by atoms with Gasteiger partial charge < -0.3 is 10.0 Å². The predicted octanol–water partition coefficient (Wildman–Crippen LogP) is 1.27. The van der Waals surface area contributed by atoms with Crippen LogP contribution >= 0.6 is 15.9 Å². The Balaban J connectivity index is 2.37. The molecule has 0 aromatic heterocycles. The van der Waals surface area contributed by atoms with Crippen LogP contribution in [0.5, 0.6) is 0 Å². The van der Waals surface area contributed by atoms with Crippen molar-refractivity contribution >= 4 is 26.0 Å². The van der Waals surface area contributed by atoms with E-state index in [2.05, 4.69) is 15.9 Å². The van der Waals surface area contributed by atoms with Gasteiger partial charge in [0.1, 0.15) is 5.82 Å². The van der Waals surface area contributed by atoms with Gasteiger partial charge in [-0.25, -0.2) is 12.8 Å². The average Bonchev–Trinajstić information content (AvgIpc) is 2.69. The van der Waals surface area contributed by atoms with E-state index in [0.717, 1.165) is 12.1 Å². The Morgan fingerprint density at radius 1 is 1.48 bits per heavy atom. The molecule has 1 saturated heterocycles. The molecule has 0 spiro atoms. The summed E-state index contributed by atoms with van der Waals surface area (Å²) in [6.07, 6.45) is -0.278.